The van der Waals surface area contributed by atoms with Gasteiger partial charge >= 0.3 is 0 Å². The first-order valence-corrected chi connectivity index (χ1v) is 8.56. The summed E-state index contributed by atoms with van der Waals surface area (Å²) in [5.74, 6) is 0.604. The fourth-order valence-corrected chi connectivity index (χ4v) is 2.19. The van der Waals surface area contributed by atoms with Gasteiger partial charge in [-0.05, 0) is 37.6 Å². The molecule has 2 N–H and O–H groups in total. The van der Waals surface area contributed by atoms with Crippen LogP contribution in [0.1, 0.15) is 26.0 Å². The normalized spacial score (nSPS) is 12.0. The molecule has 7 heteroatoms. The van der Waals surface area contributed by atoms with Crippen LogP contribution >= 0.6 is 24.0 Å². The van der Waals surface area contributed by atoms with Crippen LogP contribution in [0.2, 0.25) is 0 Å². The van der Waals surface area contributed by atoms with E-state index < -0.39 is 0 Å². The van der Waals surface area contributed by atoms with E-state index in [-0.39, 0.29) is 41.6 Å². The number of pyridine rings is 1. The number of hydrogen-bond donors (Lipinski definition) is 2. The predicted octanol–water partition coefficient (Wildman–Crippen LogP) is 3.75. The lowest BCUT2D eigenvalue weighted by Crippen LogP contribution is -2.42. The average Bonchev–Trinajstić information content (AvgIpc) is 2.65. The number of aliphatic imine (C=N–C) groups is 1. The number of para-hydroxylation sites is 1. The van der Waals surface area contributed by atoms with E-state index in [4.69, 9.17) is 4.74 Å². The molecular weight excluding hydrogens is 446 g/mol. The van der Waals surface area contributed by atoms with Gasteiger partial charge in [-0.15, -0.1) is 24.0 Å². The highest BCUT2D eigenvalue weighted by atomic mass is 127. The quantitative estimate of drug-likeness (QED) is 0.349. The van der Waals surface area contributed by atoms with Gasteiger partial charge < -0.3 is 15.4 Å². The Balaban J connectivity index is 0.00000338. The molecule has 0 aliphatic heterocycles. The number of rotatable bonds is 8. The zero-order valence-electron chi connectivity index (χ0n) is 15.1. The Morgan fingerprint density at radius 2 is 1.92 bits per heavy atom. The molecule has 2 aromatic rings. The number of nitrogens with zero attached hydrogens (tertiary/aromatic N) is 2. The fraction of sp³-hybridized carbons (Fsp3) is 0.368. The molecule has 0 amide bonds. The van der Waals surface area contributed by atoms with E-state index in [9.17, 15) is 4.39 Å². The van der Waals surface area contributed by atoms with Gasteiger partial charge in [0.1, 0.15) is 6.10 Å². The van der Waals surface area contributed by atoms with Crippen LogP contribution in [0, 0.1) is 5.82 Å². The molecular formula is C19H26FIN4O. The van der Waals surface area contributed by atoms with Gasteiger partial charge in [-0.3, -0.25) is 4.98 Å². The second-order valence-corrected chi connectivity index (χ2v) is 5.48. The third-order valence-electron chi connectivity index (χ3n) is 3.55. The molecule has 0 aliphatic rings. The second-order valence-electron chi connectivity index (χ2n) is 5.48. The van der Waals surface area contributed by atoms with Crippen LogP contribution in [0.15, 0.2) is 53.7 Å². The maximum atomic E-state index is 13.7. The molecule has 0 bridgehead atoms. The van der Waals surface area contributed by atoms with Crippen molar-refractivity contribution in [2.45, 2.75) is 32.9 Å². The van der Waals surface area contributed by atoms with E-state index in [1.165, 1.54) is 6.07 Å². The Morgan fingerprint density at radius 3 is 2.58 bits per heavy atom. The maximum absolute atomic E-state index is 13.7. The molecule has 1 aromatic heterocycles. The summed E-state index contributed by atoms with van der Waals surface area (Å²) in [6.07, 6.45) is 2.34. The molecule has 0 saturated heterocycles. The molecule has 1 unspecified atom stereocenters. The molecule has 1 heterocycles. The first-order chi connectivity index (χ1) is 12.2. The SMILES string of the molecule is CCNC(=NCc1ccccn1)NCC(CC)Oc1ccccc1F.I. The number of halogens is 2. The van der Waals surface area contributed by atoms with Crippen LogP contribution in [0.4, 0.5) is 4.39 Å². The van der Waals surface area contributed by atoms with Crippen molar-refractivity contribution < 1.29 is 9.13 Å². The zero-order chi connectivity index (χ0) is 17.9. The van der Waals surface area contributed by atoms with E-state index >= 15 is 0 Å². The average molecular weight is 472 g/mol. The van der Waals surface area contributed by atoms with E-state index in [1.807, 2.05) is 32.0 Å². The van der Waals surface area contributed by atoms with Crippen LogP contribution in [-0.4, -0.2) is 30.1 Å². The minimum absolute atomic E-state index is 0. The lowest BCUT2D eigenvalue weighted by molar-refractivity contribution is 0.191. The molecule has 0 radical (unpaired) electrons. The monoisotopic (exact) mass is 472 g/mol. The van der Waals surface area contributed by atoms with Gasteiger partial charge in [-0.1, -0.05) is 25.1 Å². The van der Waals surface area contributed by atoms with Crippen molar-refractivity contribution in [3.8, 4) is 5.75 Å². The van der Waals surface area contributed by atoms with Crippen molar-refractivity contribution in [1.82, 2.24) is 15.6 Å². The van der Waals surface area contributed by atoms with Crippen molar-refractivity contribution in [3.05, 3.63) is 60.2 Å². The number of guanidine groups is 1. The van der Waals surface area contributed by atoms with Crippen molar-refractivity contribution in [3.63, 3.8) is 0 Å². The Morgan fingerprint density at radius 1 is 1.15 bits per heavy atom. The Kier molecular flexibility index (Phi) is 10.6. The summed E-state index contributed by atoms with van der Waals surface area (Å²) in [5, 5.41) is 6.43. The fourth-order valence-electron chi connectivity index (χ4n) is 2.19. The first-order valence-electron chi connectivity index (χ1n) is 8.56. The van der Waals surface area contributed by atoms with Crippen LogP contribution in [-0.2, 0) is 6.54 Å². The smallest absolute Gasteiger partial charge is 0.191 e. The van der Waals surface area contributed by atoms with Gasteiger partial charge in [-0.2, -0.15) is 0 Å². The summed E-state index contributed by atoms with van der Waals surface area (Å²) in [5.41, 5.74) is 0.898. The molecule has 0 aliphatic carbocycles. The minimum atomic E-state index is -0.350. The van der Waals surface area contributed by atoms with Crippen molar-refractivity contribution in [2.24, 2.45) is 4.99 Å². The maximum Gasteiger partial charge on any atom is 0.191 e. The topological polar surface area (TPSA) is 58.5 Å². The van der Waals surface area contributed by atoms with Crippen LogP contribution < -0.4 is 15.4 Å². The number of benzene rings is 1. The highest BCUT2D eigenvalue weighted by molar-refractivity contribution is 14.0. The summed E-state index contributed by atoms with van der Waals surface area (Å²) in [7, 11) is 0. The molecule has 142 valence electrons. The van der Waals surface area contributed by atoms with Crippen molar-refractivity contribution in [2.75, 3.05) is 13.1 Å². The van der Waals surface area contributed by atoms with Gasteiger partial charge in [0.05, 0.1) is 18.8 Å². The molecule has 26 heavy (non-hydrogen) atoms. The standard InChI is InChI=1S/C19H25FN4O.HI/c1-3-16(25-18-11-6-5-10-17(18)20)14-24-19(21-4-2)23-13-15-9-7-8-12-22-15;/h5-12,16H,3-4,13-14H2,1-2H3,(H2,21,23,24);1H. The van der Waals surface area contributed by atoms with Crippen LogP contribution in [0.5, 0.6) is 5.75 Å². The molecule has 0 spiro atoms. The van der Waals surface area contributed by atoms with Gasteiger partial charge in [0.25, 0.3) is 0 Å². The summed E-state index contributed by atoms with van der Waals surface area (Å²) >= 11 is 0. The van der Waals surface area contributed by atoms with E-state index in [2.05, 4.69) is 20.6 Å². The highest BCUT2D eigenvalue weighted by Gasteiger charge is 2.12. The molecule has 1 atom stereocenters. The molecule has 0 saturated carbocycles. The molecule has 1 aromatic carbocycles. The van der Waals surface area contributed by atoms with Gasteiger partial charge in [0.2, 0.25) is 0 Å². The largest absolute Gasteiger partial charge is 0.486 e. The summed E-state index contributed by atoms with van der Waals surface area (Å²) in [6, 6.07) is 12.2. The Labute approximate surface area is 171 Å². The second kappa shape index (κ2) is 12.5. The lowest BCUT2D eigenvalue weighted by Gasteiger charge is -2.20. The number of nitrogens with one attached hydrogen (secondary N) is 2. The van der Waals surface area contributed by atoms with Gasteiger partial charge in [-0.25, -0.2) is 9.38 Å². The third kappa shape index (κ3) is 7.55. The van der Waals surface area contributed by atoms with Crippen molar-refractivity contribution in [1.29, 1.82) is 0 Å². The van der Waals surface area contributed by atoms with Crippen LogP contribution in [0.3, 0.4) is 0 Å². The predicted molar refractivity (Wildman–Crippen MR) is 114 cm³/mol. The lowest BCUT2D eigenvalue weighted by atomic mass is 10.2. The third-order valence-corrected chi connectivity index (χ3v) is 3.55. The molecule has 2 rings (SSSR count). The Bertz CT molecular complexity index is 670. The van der Waals surface area contributed by atoms with Crippen LogP contribution in [0.25, 0.3) is 0 Å². The molecule has 5 nitrogen and oxygen atoms in total. The summed E-state index contributed by atoms with van der Waals surface area (Å²) in [6.45, 7) is 5.77. The van der Waals surface area contributed by atoms with E-state index in [0.29, 0.717) is 19.0 Å². The van der Waals surface area contributed by atoms with E-state index in [0.717, 1.165) is 18.7 Å². The molecule has 0 fully saturated rings. The number of aromatic nitrogens is 1. The van der Waals surface area contributed by atoms with Gasteiger partial charge in [0.15, 0.2) is 17.5 Å². The summed E-state index contributed by atoms with van der Waals surface area (Å²) in [4.78, 5) is 8.78. The van der Waals surface area contributed by atoms with Crippen molar-refractivity contribution >= 4 is 29.9 Å². The minimum Gasteiger partial charge on any atom is -0.486 e. The Hall–Kier alpha value is -1.90. The highest BCUT2D eigenvalue weighted by Crippen LogP contribution is 2.17. The number of ether oxygens (including phenoxy) is 1. The van der Waals surface area contributed by atoms with E-state index in [1.54, 1.807) is 24.4 Å². The first kappa shape index (κ1) is 22.1. The number of hydrogen-bond acceptors (Lipinski definition) is 3. The van der Waals surface area contributed by atoms with Gasteiger partial charge in [0, 0.05) is 12.7 Å². The zero-order valence-corrected chi connectivity index (χ0v) is 17.4. The summed E-state index contributed by atoms with van der Waals surface area (Å²) < 4.78 is 19.5.